The van der Waals surface area contributed by atoms with E-state index >= 15 is 0 Å². The molecule has 0 aliphatic carbocycles. The predicted octanol–water partition coefficient (Wildman–Crippen LogP) is 1.75. The van der Waals surface area contributed by atoms with E-state index in [0.717, 1.165) is 24.9 Å². The second-order valence-electron chi connectivity index (χ2n) is 4.32. The number of carbonyl (C=O) groups excluding carboxylic acids is 1. The molecule has 2 amide bonds. The molecule has 0 bridgehead atoms. The molecule has 0 radical (unpaired) electrons. The maximum atomic E-state index is 11.7. The van der Waals surface area contributed by atoms with Crippen molar-refractivity contribution in [2.24, 2.45) is 7.05 Å². The molecule has 0 fully saturated rings. The Balaban J connectivity index is 2.27. The van der Waals surface area contributed by atoms with Crippen LogP contribution in [0.1, 0.15) is 31.7 Å². The van der Waals surface area contributed by atoms with Crippen LogP contribution < -0.4 is 5.32 Å². The molecule has 5 nitrogen and oxygen atoms in total. The number of nitrogens with one attached hydrogen (secondary N) is 1. The highest BCUT2D eigenvalue weighted by atomic mass is 16.2. The number of hydrogen-bond acceptors (Lipinski definition) is 2. The molecule has 0 aliphatic rings. The molecule has 0 spiro atoms. The fourth-order valence-electron chi connectivity index (χ4n) is 1.60. The number of rotatable bonds is 6. The van der Waals surface area contributed by atoms with Crippen molar-refractivity contribution < 1.29 is 4.79 Å². The second kappa shape index (κ2) is 6.93. The lowest BCUT2D eigenvalue weighted by Gasteiger charge is -2.16. The van der Waals surface area contributed by atoms with Gasteiger partial charge in [0.25, 0.3) is 0 Å². The Kier molecular flexibility index (Phi) is 5.52. The lowest BCUT2D eigenvalue weighted by atomic mass is 10.2. The molecule has 0 aliphatic heterocycles. The predicted molar refractivity (Wildman–Crippen MR) is 67.6 cm³/mol. The van der Waals surface area contributed by atoms with Crippen LogP contribution in [0.3, 0.4) is 0 Å². The van der Waals surface area contributed by atoms with Gasteiger partial charge >= 0.3 is 6.03 Å². The Hall–Kier alpha value is -1.52. The van der Waals surface area contributed by atoms with E-state index in [1.807, 2.05) is 13.2 Å². The van der Waals surface area contributed by atoms with Gasteiger partial charge in [0, 0.05) is 32.4 Å². The Bertz CT molecular complexity index is 348. The van der Waals surface area contributed by atoms with Crippen LogP contribution in [0.25, 0.3) is 0 Å². The van der Waals surface area contributed by atoms with E-state index in [1.165, 1.54) is 6.42 Å². The number of aryl methyl sites for hydroxylation is 1. The van der Waals surface area contributed by atoms with Gasteiger partial charge in [0.2, 0.25) is 0 Å². The van der Waals surface area contributed by atoms with E-state index in [0.29, 0.717) is 6.54 Å². The number of hydrogen-bond donors (Lipinski definition) is 1. The van der Waals surface area contributed by atoms with Gasteiger partial charge in [-0.3, -0.25) is 4.68 Å². The van der Waals surface area contributed by atoms with Crippen molar-refractivity contribution in [3.8, 4) is 0 Å². The molecule has 0 saturated carbocycles. The molecule has 1 aromatic heterocycles. The molecule has 0 atom stereocenters. The maximum Gasteiger partial charge on any atom is 0.317 e. The molecular weight excluding hydrogens is 216 g/mol. The Morgan fingerprint density at radius 2 is 2.29 bits per heavy atom. The highest BCUT2D eigenvalue weighted by Crippen LogP contribution is 2.01. The van der Waals surface area contributed by atoms with Gasteiger partial charge in [-0.15, -0.1) is 0 Å². The van der Waals surface area contributed by atoms with Crippen LogP contribution in [0.15, 0.2) is 12.4 Å². The zero-order valence-electron chi connectivity index (χ0n) is 10.9. The van der Waals surface area contributed by atoms with Crippen molar-refractivity contribution in [2.45, 2.75) is 32.7 Å². The largest absolute Gasteiger partial charge is 0.338 e. The first-order chi connectivity index (χ1) is 8.13. The average molecular weight is 238 g/mol. The monoisotopic (exact) mass is 238 g/mol. The minimum atomic E-state index is -0.0232. The lowest BCUT2D eigenvalue weighted by Crippen LogP contribution is -2.37. The van der Waals surface area contributed by atoms with Crippen molar-refractivity contribution in [3.63, 3.8) is 0 Å². The number of carbonyl (C=O) groups is 1. The molecule has 17 heavy (non-hydrogen) atoms. The van der Waals surface area contributed by atoms with Crippen LogP contribution in [-0.2, 0) is 13.6 Å². The molecule has 1 N–H and O–H groups in total. The van der Waals surface area contributed by atoms with Crippen LogP contribution >= 0.6 is 0 Å². The summed E-state index contributed by atoms with van der Waals surface area (Å²) in [6.07, 6.45) is 7.07. The van der Waals surface area contributed by atoms with E-state index in [4.69, 9.17) is 0 Å². The topological polar surface area (TPSA) is 50.2 Å². The van der Waals surface area contributed by atoms with Gasteiger partial charge in [-0.25, -0.2) is 4.79 Å². The zero-order chi connectivity index (χ0) is 12.7. The minimum Gasteiger partial charge on any atom is -0.338 e. The van der Waals surface area contributed by atoms with E-state index < -0.39 is 0 Å². The van der Waals surface area contributed by atoms with Crippen molar-refractivity contribution >= 4 is 6.03 Å². The molecule has 0 aromatic carbocycles. The van der Waals surface area contributed by atoms with Crippen LogP contribution in [0, 0.1) is 0 Å². The third-order valence-corrected chi connectivity index (χ3v) is 2.58. The molecule has 0 unspecified atom stereocenters. The van der Waals surface area contributed by atoms with E-state index in [-0.39, 0.29) is 6.03 Å². The summed E-state index contributed by atoms with van der Waals surface area (Å²) in [7, 11) is 3.66. The van der Waals surface area contributed by atoms with E-state index in [9.17, 15) is 4.79 Å². The van der Waals surface area contributed by atoms with Crippen LogP contribution in [-0.4, -0.2) is 34.3 Å². The Morgan fingerprint density at radius 3 is 2.88 bits per heavy atom. The lowest BCUT2D eigenvalue weighted by molar-refractivity contribution is 0.206. The highest BCUT2D eigenvalue weighted by Gasteiger charge is 2.08. The fraction of sp³-hybridized carbons (Fsp3) is 0.667. The van der Waals surface area contributed by atoms with Crippen LogP contribution in [0.4, 0.5) is 4.79 Å². The van der Waals surface area contributed by atoms with Gasteiger partial charge in [-0.05, 0) is 6.42 Å². The number of amides is 2. The van der Waals surface area contributed by atoms with Crippen molar-refractivity contribution in [1.29, 1.82) is 0 Å². The third kappa shape index (κ3) is 4.89. The van der Waals surface area contributed by atoms with Crippen molar-refractivity contribution in [3.05, 3.63) is 18.0 Å². The molecule has 1 rings (SSSR count). The van der Waals surface area contributed by atoms with Gasteiger partial charge in [-0.2, -0.15) is 5.10 Å². The normalized spacial score (nSPS) is 10.3. The summed E-state index contributed by atoms with van der Waals surface area (Å²) in [5.74, 6) is 0. The molecular formula is C12H22N4O. The standard InChI is InChI=1S/C12H22N4O/c1-4-5-6-7-13-12(17)15(2)9-11-8-14-16(3)10-11/h8,10H,4-7,9H2,1-3H3,(H,13,17). The van der Waals surface area contributed by atoms with E-state index in [1.54, 1.807) is 22.8 Å². The summed E-state index contributed by atoms with van der Waals surface area (Å²) in [5, 5.41) is 6.98. The number of nitrogens with zero attached hydrogens (tertiary/aromatic N) is 3. The van der Waals surface area contributed by atoms with Gasteiger partial charge in [0.1, 0.15) is 0 Å². The molecule has 1 heterocycles. The molecule has 0 saturated heterocycles. The third-order valence-electron chi connectivity index (χ3n) is 2.58. The Morgan fingerprint density at radius 1 is 1.53 bits per heavy atom. The quantitative estimate of drug-likeness (QED) is 0.768. The van der Waals surface area contributed by atoms with Crippen molar-refractivity contribution in [2.75, 3.05) is 13.6 Å². The number of urea groups is 1. The smallest absolute Gasteiger partial charge is 0.317 e. The van der Waals surface area contributed by atoms with Crippen LogP contribution in [0.5, 0.6) is 0 Å². The van der Waals surface area contributed by atoms with Crippen LogP contribution in [0.2, 0.25) is 0 Å². The summed E-state index contributed by atoms with van der Waals surface area (Å²) < 4.78 is 1.74. The maximum absolute atomic E-state index is 11.7. The molecule has 1 aromatic rings. The summed E-state index contributed by atoms with van der Waals surface area (Å²) in [4.78, 5) is 13.4. The highest BCUT2D eigenvalue weighted by molar-refractivity contribution is 5.73. The Labute approximate surface area is 103 Å². The van der Waals surface area contributed by atoms with Gasteiger partial charge in [0.05, 0.1) is 12.7 Å². The first-order valence-corrected chi connectivity index (χ1v) is 6.10. The summed E-state index contributed by atoms with van der Waals surface area (Å²) in [6, 6.07) is -0.0232. The SMILES string of the molecule is CCCCCNC(=O)N(C)Cc1cnn(C)c1. The minimum absolute atomic E-state index is 0.0232. The number of aromatic nitrogens is 2. The first-order valence-electron chi connectivity index (χ1n) is 6.10. The van der Waals surface area contributed by atoms with Crippen molar-refractivity contribution in [1.82, 2.24) is 20.0 Å². The molecule has 5 heteroatoms. The van der Waals surface area contributed by atoms with Gasteiger partial charge in [-0.1, -0.05) is 19.8 Å². The average Bonchev–Trinajstić information content (AvgIpc) is 2.70. The van der Waals surface area contributed by atoms with E-state index in [2.05, 4.69) is 17.3 Å². The first kappa shape index (κ1) is 13.5. The number of unbranched alkanes of at least 4 members (excludes halogenated alkanes) is 2. The zero-order valence-corrected chi connectivity index (χ0v) is 10.9. The van der Waals surface area contributed by atoms with Gasteiger partial charge < -0.3 is 10.2 Å². The summed E-state index contributed by atoms with van der Waals surface area (Å²) in [5.41, 5.74) is 1.04. The molecule has 96 valence electrons. The fourth-order valence-corrected chi connectivity index (χ4v) is 1.60. The summed E-state index contributed by atoms with van der Waals surface area (Å²) in [6.45, 7) is 3.49. The summed E-state index contributed by atoms with van der Waals surface area (Å²) >= 11 is 0. The second-order valence-corrected chi connectivity index (χ2v) is 4.32. The van der Waals surface area contributed by atoms with Gasteiger partial charge in [0.15, 0.2) is 0 Å².